The molecule has 0 N–H and O–H groups in total. The van der Waals surface area contributed by atoms with Gasteiger partial charge in [-0.25, -0.2) is 9.13 Å². The molecule has 156 valence electrons. The topological polar surface area (TPSA) is 8.81 Å². The molecular weight excluding hydrogens is 340 g/mol. The van der Waals surface area contributed by atoms with Crippen molar-refractivity contribution in [3.63, 3.8) is 0 Å². The number of aryl methyl sites for hydroxylation is 1. The highest BCUT2D eigenvalue weighted by molar-refractivity contribution is 5.13. The van der Waals surface area contributed by atoms with Gasteiger partial charge in [0.05, 0.1) is 6.54 Å². The van der Waals surface area contributed by atoms with E-state index in [-0.39, 0.29) is 0 Å². The first-order valence-corrected chi connectivity index (χ1v) is 12.0. The largest absolute Gasteiger partial charge is 0.256 e. The molecule has 1 aromatic carbocycles. The Morgan fingerprint density at radius 1 is 0.714 bits per heavy atom. The van der Waals surface area contributed by atoms with Crippen LogP contribution in [0.2, 0.25) is 0 Å². The summed E-state index contributed by atoms with van der Waals surface area (Å²) in [5.41, 5.74) is 1.38. The predicted octanol–water partition coefficient (Wildman–Crippen LogP) is 7.09. The van der Waals surface area contributed by atoms with Crippen LogP contribution in [0.1, 0.15) is 102 Å². The Balaban J connectivity index is 1.57. The van der Waals surface area contributed by atoms with Gasteiger partial charge in [0.2, 0.25) is 0 Å². The zero-order valence-corrected chi connectivity index (χ0v) is 18.5. The standard InChI is InChI=1S/C26H43N2/c1-3-5-6-7-8-9-10-11-12-13-14-18-21-27-22-23-28(26(27)4-2)24-25-19-16-15-17-20-25/h15-17,19-20,22-23H,3-14,18,21,24H2,1-2H3/q+1. The lowest BCUT2D eigenvalue weighted by Gasteiger charge is -2.05. The van der Waals surface area contributed by atoms with Crippen LogP contribution in [-0.4, -0.2) is 4.57 Å². The Labute approximate surface area is 174 Å². The summed E-state index contributed by atoms with van der Waals surface area (Å²) in [4.78, 5) is 0. The van der Waals surface area contributed by atoms with Gasteiger partial charge in [-0.3, -0.25) is 0 Å². The molecule has 2 heteroatoms. The lowest BCUT2D eigenvalue weighted by atomic mass is 10.1. The van der Waals surface area contributed by atoms with Gasteiger partial charge in [-0.05, 0) is 18.4 Å². The van der Waals surface area contributed by atoms with Gasteiger partial charge < -0.3 is 0 Å². The summed E-state index contributed by atoms with van der Waals surface area (Å²) in [6, 6.07) is 10.8. The van der Waals surface area contributed by atoms with Crippen LogP contribution >= 0.6 is 0 Å². The number of rotatable bonds is 16. The zero-order chi connectivity index (χ0) is 19.9. The van der Waals surface area contributed by atoms with Gasteiger partial charge in [0.25, 0.3) is 5.82 Å². The average Bonchev–Trinajstić information content (AvgIpc) is 3.11. The highest BCUT2D eigenvalue weighted by Crippen LogP contribution is 2.12. The first-order valence-electron chi connectivity index (χ1n) is 12.0. The Morgan fingerprint density at radius 3 is 1.86 bits per heavy atom. The lowest BCUT2D eigenvalue weighted by Crippen LogP contribution is -2.37. The van der Waals surface area contributed by atoms with Crippen molar-refractivity contribution in [3.8, 4) is 0 Å². The molecule has 0 amide bonds. The third kappa shape index (κ3) is 8.63. The Bertz CT molecular complexity index is 615. The fourth-order valence-corrected chi connectivity index (χ4v) is 4.15. The van der Waals surface area contributed by atoms with E-state index in [4.69, 9.17) is 0 Å². The molecule has 1 heterocycles. The maximum absolute atomic E-state index is 2.47. The second-order valence-corrected chi connectivity index (χ2v) is 8.26. The van der Waals surface area contributed by atoms with Crippen molar-refractivity contribution in [1.29, 1.82) is 0 Å². The van der Waals surface area contributed by atoms with E-state index in [0.29, 0.717) is 0 Å². The third-order valence-corrected chi connectivity index (χ3v) is 5.85. The van der Waals surface area contributed by atoms with Gasteiger partial charge in [-0.1, -0.05) is 108 Å². The molecule has 1 aromatic heterocycles. The van der Waals surface area contributed by atoms with Gasteiger partial charge in [0.1, 0.15) is 18.9 Å². The minimum Gasteiger partial charge on any atom is -0.234 e. The Hall–Kier alpha value is -1.57. The van der Waals surface area contributed by atoms with Crippen molar-refractivity contribution in [1.82, 2.24) is 4.57 Å². The van der Waals surface area contributed by atoms with E-state index in [2.05, 4.69) is 65.7 Å². The van der Waals surface area contributed by atoms with Crippen LogP contribution in [0.5, 0.6) is 0 Å². The molecule has 0 saturated carbocycles. The Kier molecular flexibility index (Phi) is 11.7. The van der Waals surface area contributed by atoms with Gasteiger partial charge in [-0.15, -0.1) is 0 Å². The van der Waals surface area contributed by atoms with Crippen LogP contribution in [0, 0.1) is 0 Å². The van der Waals surface area contributed by atoms with Crippen LogP contribution in [0.25, 0.3) is 0 Å². The summed E-state index contributed by atoms with van der Waals surface area (Å²) in [6.45, 7) is 6.72. The van der Waals surface area contributed by atoms with Gasteiger partial charge in [-0.2, -0.15) is 0 Å². The highest BCUT2D eigenvalue weighted by Gasteiger charge is 2.14. The molecule has 0 aliphatic carbocycles. The van der Waals surface area contributed by atoms with E-state index >= 15 is 0 Å². The number of nitrogens with zero attached hydrogens (tertiary/aromatic N) is 2. The number of hydrogen-bond donors (Lipinski definition) is 0. The second-order valence-electron chi connectivity index (χ2n) is 8.26. The SMILES string of the molecule is CCCCCCCCCCCCCCn1cc[n+](Cc2ccccc2)c1CC. The second kappa shape index (κ2) is 14.4. The van der Waals surface area contributed by atoms with E-state index in [1.54, 1.807) is 0 Å². The minimum absolute atomic E-state index is 0.982. The smallest absolute Gasteiger partial charge is 0.234 e. The van der Waals surface area contributed by atoms with Gasteiger partial charge in [0, 0.05) is 6.42 Å². The van der Waals surface area contributed by atoms with Crippen molar-refractivity contribution in [2.45, 2.75) is 110 Å². The van der Waals surface area contributed by atoms with E-state index in [1.165, 1.54) is 95.0 Å². The molecule has 0 unspecified atom stereocenters. The molecule has 0 spiro atoms. The van der Waals surface area contributed by atoms with Crippen molar-refractivity contribution in [2.24, 2.45) is 0 Å². The summed E-state index contributed by atoms with van der Waals surface area (Å²) in [5.74, 6) is 1.45. The third-order valence-electron chi connectivity index (χ3n) is 5.85. The summed E-state index contributed by atoms with van der Waals surface area (Å²) >= 11 is 0. The molecule has 0 saturated heterocycles. The van der Waals surface area contributed by atoms with Crippen molar-refractivity contribution in [2.75, 3.05) is 0 Å². The van der Waals surface area contributed by atoms with Crippen LogP contribution in [0.3, 0.4) is 0 Å². The van der Waals surface area contributed by atoms with Crippen LogP contribution in [0.15, 0.2) is 42.7 Å². The molecule has 2 aromatic rings. The predicted molar refractivity (Wildman–Crippen MR) is 121 cm³/mol. The molecule has 0 fully saturated rings. The fourth-order valence-electron chi connectivity index (χ4n) is 4.15. The number of benzene rings is 1. The highest BCUT2D eigenvalue weighted by atomic mass is 15.1. The molecule has 0 bridgehead atoms. The van der Waals surface area contributed by atoms with Crippen molar-refractivity contribution < 1.29 is 4.57 Å². The molecule has 0 radical (unpaired) electrons. The summed E-state index contributed by atoms with van der Waals surface area (Å²) in [6.07, 6.45) is 22.6. The zero-order valence-electron chi connectivity index (χ0n) is 18.5. The quantitative estimate of drug-likeness (QED) is 0.216. The summed E-state index contributed by atoms with van der Waals surface area (Å²) < 4.78 is 4.88. The summed E-state index contributed by atoms with van der Waals surface area (Å²) in [5, 5.41) is 0. The molecule has 2 nitrogen and oxygen atoms in total. The van der Waals surface area contributed by atoms with Gasteiger partial charge in [0.15, 0.2) is 0 Å². The van der Waals surface area contributed by atoms with Crippen LogP contribution < -0.4 is 4.57 Å². The maximum atomic E-state index is 2.47. The van der Waals surface area contributed by atoms with Gasteiger partial charge >= 0.3 is 0 Å². The lowest BCUT2D eigenvalue weighted by molar-refractivity contribution is -0.695. The first-order chi connectivity index (χ1) is 13.8. The van der Waals surface area contributed by atoms with E-state index in [1.807, 2.05) is 0 Å². The van der Waals surface area contributed by atoms with E-state index in [0.717, 1.165) is 13.0 Å². The maximum Gasteiger partial charge on any atom is 0.256 e. The molecular formula is C26H43N2+. The molecule has 28 heavy (non-hydrogen) atoms. The normalized spacial score (nSPS) is 11.2. The number of hydrogen-bond acceptors (Lipinski definition) is 0. The van der Waals surface area contributed by atoms with E-state index in [9.17, 15) is 0 Å². The monoisotopic (exact) mass is 383 g/mol. The fraction of sp³-hybridized carbons (Fsp3) is 0.654. The molecule has 2 rings (SSSR count). The van der Waals surface area contributed by atoms with E-state index < -0.39 is 0 Å². The number of aromatic nitrogens is 2. The summed E-state index contributed by atoms with van der Waals surface area (Å²) in [7, 11) is 0. The van der Waals surface area contributed by atoms with Crippen LogP contribution in [0.4, 0.5) is 0 Å². The van der Waals surface area contributed by atoms with Crippen molar-refractivity contribution in [3.05, 3.63) is 54.1 Å². The molecule has 0 aliphatic heterocycles. The van der Waals surface area contributed by atoms with Crippen LogP contribution in [-0.2, 0) is 19.5 Å². The first kappa shape index (κ1) is 22.7. The molecule has 0 atom stereocenters. The van der Waals surface area contributed by atoms with Crippen molar-refractivity contribution >= 4 is 0 Å². The molecule has 0 aliphatic rings. The number of unbranched alkanes of at least 4 members (excludes halogenated alkanes) is 11. The Morgan fingerprint density at radius 2 is 1.29 bits per heavy atom. The number of imidazole rings is 1. The average molecular weight is 384 g/mol. The minimum atomic E-state index is 0.982.